The normalized spacial score (nSPS) is 12.0. The van der Waals surface area contributed by atoms with Gasteiger partial charge in [-0.05, 0) is 30.3 Å². The van der Waals surface area contributed by atoms with Gasteiger partial charge in [-0.3, -0.25) is 0 Å². The first-order chi connectivity index (χ1) is 9.95. The third-order valence-electron chi connectivity index (χ3n) is 3.39. The molecule has 108 valence electrons. The topological polar surface area (TPSA) is 69.6 Å². The van der Waals surface area contributed by atoms with Gasteiger partial charge in [-0.25, -0.2) is 4.98 Å². The quantitative estimate of drug-likeness (QED) is 0.733. The van der Waals surface area contributed by atoms with Gasteiger partial charge in [0.25, 0.3) is 0 Å². The lowest BCUT2D eigenvalue weighted by atomic mass is 9.95. The molecule has 0 unspecified atom stereocenters. The van der Waals surface area contributed by atoms with Crippen LogP contribution in [0.1, 0.15) is 32.3 Å². The van der Waals surface area contributed by atoms with E-state index in [0.29, 0.717) is 6.54 Å². The van der Waals surface area contributed by atoms with Crippen LogP contribution in [0.4, 0.5) is 5.69 Å². The molecule has 3 aromatic rings. The van der Waals surface area contributed by atoms with Crippen molar-refractivity contribution in [2.24, 2.45) is 0 Å². The van der Waals surface area contributed by atoms with Crippen LogP contribution in [0.3, 0.4) is 0 Å². The van der Waals surface area contributed by atoms with Crippen LogP contribution in [0.25, 0.3) is 11.0 Å². The number of nitrogens with zero attached hydrogens (tertiary/aromatic N) is 4. The first kappa shape index (κ1) is 13.5. The smallest absolute Gasteiger partial charge is 0.115 e. The Labute approximate surface area is 123 Å². The fourth-order valence-corrected chi connectivity index (χ4v) is 2.46. The highest BCUT2D eigenvalue weighted by Crippen LogP contribution is 2.28. The second kappa shape index (κ2) is 4.84. The third-order valence-corrected chi connectivity index (χ3v) is 3.39. The Hall–Kier alpha value is -2.43. The van der Waals surface area contributed by atoms with Crippen molar-refractivity contribution in [2.75, 3.05) is 5.73 Å². The summed E-state index contributed by atoms with van der Waals surface area (Å²) in [5, 5.41) is 8.13. The SMILES string of the molecule is CC(C)(C)c1nc2cc(N)ccc2n1Cc1cccnn1. The zero-order chi connectivity index (χ0) is 15.0. The summed E-state index contributed by atoms with van der Waals surface area (Å²) < 4.78 is 2.19. The lowest BCUT2D eigenvalue weighted by Gasteiger charge is -2.19. The molecule has 0 amide bonds. The maximum atomic E-state index is 5.87. The molecule has 2 heterocycles. The Kier molecular flexibility index (Phi) is 3.12. The molecule has 0 spiro atoms. The van der Waals surface area contributed by atoms with Crippen LogP contribution in [0.2, 0.25) is 0 Å². The van der Waals surface area contributed by atoms with E-state index < -0.39 is 0 Å². The summed E-state index contributed by atoms with van der Waals surface area (Å²) in [6, 6.07) is 9.71. The van der Waals surface area contributed by atoms with E-state index in [-0.39, 0.29) is 5.41 Å². The maximum Gasteiger partial charge on any atom is 0.115 e. The molecule has 5 nitrogen and oxygen atoms in total. The summed E-state index contributed by atoms with van der Waals surface area (Å²) in [5.41, 5.74) is 9.45. The van der Waals surface area contributed by atoms with Crippen molar-refractivity contribution in [3.63, 3.8) is 0 Å². The molecule has 0 aliphatic rings. The Balaban J connectivity index is 2.18. The second-order valence-electron chi connectivity index (χ2n) is 6.23. The summed E-state index contributed by atoms with van der Waals surface area (Å²) in [6.07, 6.45) is 1.68. The number of benzene rings is 1. The number of nitrogen functional groups attached to an aromatic ring is 1. The number of anilines is 1. The van der Waals surface area contributed by atoms with Gasteiger partial charge in [-0.2, -0.15) is 10.2 Å². The van der Waals surface area contributed by atoms with E-state index in [2.05, 4.69) is 35.5 Å². The van der Waals surface area contributed by atoms with E-state index in [1.807, 2.05) is 30.3 Å². The molecule has 5 heteroatoms. The predicted molar refractivity (Wildman–Crippen MR) is 84.0 cm³/mol. The highest BCUT2D eigenvalue weighted by Gasteiger charge is 2.23. The molecule has 0 saturated carbocycles. The Morgan fingerprint density at radius 2 is 2.00 bits per heavy atom. The number of hydrogen-bond donors (Lipinski definition) is 1. The average molecular weight is 281 g/mol. The van der Waals surface area contributed by atoms with E-state index in [0.717, 1.165) is 28.2 Å². The van der Waals surface area contributed by atoms with E-state index in [9.17, 15) is 0 Å². The van der Waals surface area contributed by atoms with Gasteiger partial charge < -0.3 is 10.3 Å². The van der Waals surface area contributed by atoms with Gasteiger partial charge in [-0.1, -0.05) is 20.8 Å². The molecule has 0 atom stereocenters. The minimum atomic E-state index is -0.0595. The average Bonchev–Trinajstić information content (AvgIpc) is 2.78. The zero-order valence-corrected chi connectivity index (χ0v) is 12.5. The number of fused-ring (bicyclic) bond motifs is 1. The fourth-order valence-electron chi connectivity index (χ4n) is 2.46. The Bertz CT molecular complexity index is 768. The molecule has 21 heavy (non-hydrogen) atoms. The summed E-state index contributed by atoms with van der Waals surface area (Å²) in [5.74, 6) is 1.02. The van der Waals surface area contributed by atoms with Crippen LogP contribution >= 0.6 is 0 Å². The lowest BCUT2D eigenvalue weighted by molar-refractivity contribution is 0.514. The van der Waals surface area contributed by atoms with Gasteiger partial charge >= 0.3 is 0 Å². The van der Waals surface area contributed by atoms with Crippen LogP contribution < -0.4 is 5.73 Å². The molecule has 0 bridgehead atoms. The first-order valence-corrected chi connectivity index (χ1v) is 6.98. The number of imidazole rings is 1. The van der Waals surface area contributed by atoms with Crippen LogP contribution in [0, 0.1) is 0 Å². The number of hydrogen-bond acceptors (Lipinski definition) is 4. The van der Waals surface area contributed by atoms with Crippen molar-refractivity contribution >= 4 is 16.7 Å². The predicted octanol–water partition coefficient (Wildman–Crippen LogP) is 2.75. The third kappa shape index (κ3) is 2.59. The molecule has 2 N–H and O–H groups in total. The summed E-state index contributed by atoms with van der Waals surface area (Å²) in [4.78, 5) is 4.78. The van der Waals surface area contributed by atoms with Crippen LogP contribution in [-0.4, -0.2) is 19.7 Å². The molecule has 1 aromatic carbocycles. The molecule has 0 radical (unpaired) electrons. The fraction of sp³-hybridized carbons (Fsp3) is 0.312. The van der Waals surface area contributed by atoms with Crippen molar-refractivity contribution < 1.29 is 0 Å². The van der Waals surface area contributed by atoms with Crippen molar-refractivity contribution in [3.05, 3.63) is 48.0 Å². The molecular weight excluding hydrogens is 262 g/mol. The van der Waals surface area contributed by atoms with Crippen molar-refractivity contribution in [1.29, 1.82) is 0 Å². The summed E-state index contributed by atoms with van der Waals surface area (Å²) in [7, 11) is 0. The molecule has 2 aromatic heterocycles. The molecule has 0 aliphatic heterocycles. The van der Waals surface area contributed by atoms with E-state index in [4.69, 9.17) is 10.7 Å². The Morgan fingerprint density at radius 1 is 1.19 bits per heavy atom. The number of aromatic nitrogens is 4. The van der Waals surface area contributed by atoms with Crippen molar-refractivity contribution in [1.82, 2.24) is 19.7 Å². The zero-order valence-electron chi connectivity index (χ0n) is 12.5. The van der Waals surface area contributed by atoms with Gasteiger partial charge in [0.05, 0.1) is 23.3 Å². The van der Waals surface area contributed by atoms with Crippen LogP contribution in [0.5, 0.6) is 0 Å². The highest BCUT2D eigenvalue weighted by atomic mass is 15.1. The number of nitrogens with two attached hydrogens (primary N) is 1. The van der Waals surface area contributed by atoms with Crippen LogP contribution in [0.15, 0.2) is 36.5 Å². The molecule has 3 rings (SSSR count). The van der Waals surface area contributed by atoms with Gasteiger partial charge in [0.2, 0.25) is 0 Å². The summed E-state index contributed by atoms with van der Waals surface area (Å²) >= 11 is 0. The second-order valence-corrected chi connectivity index (χ2v) is 6.23. The minimum Gasteiger partial charge on any atom is -0.399 e. The largest absolute Gasteiger partial charge is 0.399 e. The highest BCUT2D eigenvalue weighted by molar-refractivity contribution is 5.80. The maximum absolute atomic E-state index is 5.87. The van der Waals surface area contributed by atoms with Gasteiger partial charge in [0, 0.05) is 17.3 Å². The minimum absolute atomic E-state index is 0.0595. The van der Waals surface area contributed by atoms with Crippen molar-refractivity contribution in [3.8, 4) is 0 Å². The monoisotopic (exact) mass is 281 g/mol. The van der Waals surface area contributed by atoms with Crippen molar-refractivity contribution in [2.45, 2.75) is 32.7 Å². The van der Waals surface area contributed by atoms with Gasteiger partial charge in [-0.15, -0.1) is 0 Å². The first-order valence-electron chi connectivity index (χ1n) is 6.98. The van der Waals surface area contributed by atoms with E-state index in [1.165, 1.54) is 0 Å². The lowest BCUT2D eigenvalue weighted by Crippen LogP contribution is -2.19. The molecular formula is C16H19N5. The molecule has 0 saturated heterocycles. The van der Waals surface area contributed by atoms with Gasteiger partial charge in [0.15, 0.2) is 0 Å². The summed E-state index contributed by atoms with van der Waals surface area (Å²) in [6.45, 7) is 7.13. The van der Waals surface area contributed by atoms with E-state index >= 15 is 0 Å². The molecule has 0 fully saturated rings. The molecule has 0 aliphatic carbocycles. The van der Waals surface area contributed by atoms with E-state index in [1.54, 1.807) is 6.20 Å². The van der Waals surface area contributed by atoms with Gasteiger partial charge in [0.1, 0.15) is 5.82 Å². The Morgan fingerprint density at radius 3 is 2.67 bits per heavy atom. The standard InChI is InChI=1S/C16H19N5/c1-16(2,3)15-19-13-9-11(17)6-7-14(13)21(15)10-12-5-4-8-18-20-12/h4-9H,10,17H2,1-3H3. The number of rotatable bonds is 2. The van der Waals surface area contributed by atoms with Crippen LogP contribution in [-0.2, 0) is 12.0 Å².